The average molecular weight is 449 g/mol. The van der Waals surface area contributed by atoms with Crippen molar-refractivity contribution in [3.05, 3.63) is 105 Å². The fourth-order valence-corrected chi connectivity index (χ4v) is 4.44. The average Bonchev–Trinajstić information content (AvgIpc) is 3.08. The Labute approximate surface area is 191 Å². The van der Waals surface area contributed by atoms with Gasteiger partial charge in [-0.05, 0) is 46.7 Å². The second kappa shape index (κ2) is 9.86. The number of aliphatic imine (C=N–C) groups is 1. The Kier molecular flexibility index (Phi) is 6.75. The van der Waals surface area contributed by atoms with Crippen LogP contribution in [0.2, 0.25) is 5.02 Å². The fourth-order valence-electron chi connectivity index (χ4n) is 3.20. The summed E-state index contributed by atoms with van der Waals surface area (Å²) in [5, 5.41) is 1.20. The Morgan fingerprint density at radius 3 is 2.32 bits per heavy atom. The predicted molar refractivity (Wildman–Crippen MR) is 128 cm³/mol. The van der Waals surface area contributed by atoms with Gasteiger partial charge < -0.3 is 4.74 Å². The van der Waals surface area contributed by atoms with Crippen molar-refractivity contribution in [1.29, 1.82) is 0 Å². The van der Waals surface area contributed by atoms with E-state index in [-0.39, 0.29) is 5.91 Å². The van der Waals surface area contributed by atoms with Crippen LogP contribution in [0, 0.1) is 0 Å². The van der Waals surface area contributed by atoms with Crippen LogP contribution in [-0.2, 0) is 17.9 Å². The number of amides is 1. The van der Waals surface area contributed by atoms with E-state index in [2.05, 4.69) is 0 Å². The molecule has 0 aromatic heterocycles. The normalized spacial score (nSPS) is 16.3. The maximum absolute atomic E-state index is 13.2. The highest BCUT2D eigenvalue weighted by molar-refractivity contribution is 8.18. The molecule has 156 valence electrons. The molecule has 1 aliphatic rings. The molecule has 4 rings (SSSR count). The Morgan fingerprint density at radius 1 is 1.00 bits per heavy atom. The number of nitrogens with zero attached hydrogens (tertiary/aromatic N) is 2. The third-order valence-electron chi connectivity index (χ3n) is 4.78. The quantitative estimate of drug-likeness (QED) is 0.433. The number of carbonyl (C=O) groups excluding carboxylic acids is 1. The molecule has 1 saturated heterocycles. The Hall–Kier alpha value is -3.02. The molecule has 1 aliphatic heterocycles. The van der Waals surface area contributed by atoms with Crippen molar-refractivity contribution in [2.45, 2.75) is 13.1 Å². The summed E-state index contributed by atoms with van der Waals surface area (Å²) in [7, 11) is 1.58. The van der Waals surface area contributed by atoms with E-state index in [1.807, 2.05) is 72.8 Å². The summed E-state index contributed by atoms with van der Waals surface area (Å²) in [4.78, 5) is 20.3. The number of hydrogen-bond donors (Lipinski definition) is 0. The number of halogens is 1. The summed E-state index contributed by atoms with van der Waals surface area (Å²) in [5.41, 5.74) is 2.99. The number of thioether (sulfide) groups is 1. The van der Waals surface area contributed by atoms with Gasteiger partial charge in [0, 0.05) is 0 Å². The maximum Gasteiger partial charge on any atom is 0.267 e. The molecule has 3 aromatic rings. The van der Waals surface area contributed by atoms with Gasteiger partial charge in [0.05, 0.1) is 30.1 Å². The van der Waals surface area contributed by atoms with Crippen LogP contribution >= 0.6 is 23.4 Å². The van der Waals surface area contributed by atoms with Gasteiger partial charge in [0.25, 0.3) is 5.91 Å². The first kappa shape index (κ1) is 21.2. The topological polar surface area (TPSA) is 41.9 Å². The number of methoxy groups -OCH3 is 1. The summed E-state index contributed by atoms with van der Waals surface area (Å²) in [6.45, 7) is 0.990. The van der Waals surface area contributed by atoms with E-state index in [0.29, 0.717) is 33.9 Å². The second-order valence-corrected chi connectivity index (χ2v) is 8.38. The van der Waals surface area contributed by atoms with Crippen molar-refractivity contribution in [3.8, 4) is 5.75 Å². The smallest absolute Gasteiger partial charge is 0.267 e. The van der Waals surface area contributed by atoms with Crippen LogP contribution in [0.25, 0.3) is 6.08 Å². The third-order valence-corrected chi connectivity index (χ3v) is 6.12. The van der Waals surface area contributed by atoms with Crippen LogP contribution in [0.3, 0.4) is 0 Å². The molecule has 31 heavy (non-hydrogen) atoms. The van der Waals surface area contributed by atoms with Crippen LogP contribution in [0.4, 0.5) is 0 Å². The molecule has 4 nitrogen and oxygen atoms in total. The zero-order chi connectivity index (χ0) is 21.6. The predicted octanol–water partition coefficient (Wildman–Crippen LogP) is 6.02. The second-order valence-electron chi connectivity index (χ2n) is 6.97. The lowest BCUT2D eigenvalue weighted by Gasteiger charge is -2.15. The summed E-state index contributed by atoms with van der Waals surface area (Å²) < 4.78 is 5.21. The van der Waals surface area contributed by atoms with Gasteiger partial charge in [0.2, 0.25) is 0 Å². The van der Waals surface area contributed by atoms with Crippen LogP contribution in [-0.4, -0.2) is 23.1 Å². The minimum Gasteiger partial charge on any atom is -0.495 e. The summed E-state index contributed by atoms with van der Waals surface area (Å²) >= 11 is 7.64. The van der Waals surface area contributed by atoms with Crippen molar-refractivity contribution in [3.63, 3.8) is 0 Å². The molecule has 0 spiro atoms. The molecule has 0 aliphatic carbocycles. The van der Waals surface area contributed by atoms with Crippen molar-refractivity contribution < 1.29 is 9.53 Å². The maximum atomic E-state index is 13.2. The largest absolute Gasteiger partial charge is 0.495 e. The van der Waals surface area contributed by atoms with Gasteiger partial charge >= 0.3 is 0 Å². The molecule has 0 saturated carbocycles. The van der Waals surface area contributed by atoms with Gasteiger partial charge in [0.15, 0.2) is 5.17 Å². The van der Waals surface area contributed by atoms with Gasteiger partial charge in [-0.1, -0.05) is 78.3 Å². The molecular formula is C25H21ClN2O2S. The van der Waals surface area contributed by atoms with Crippen molar-refractivity contribution in [2.24, 2.45) is 4.99 Å². The highest BCUT2D eigenvalue weighted by atomic mass is 35.5. The van der Waals surface area contributed by atoms with Gasteiger partial charge in [-0.2, -0.15) is 0 Å². The Morgan fingerprint density at radius 2 is 1.68 bits per heavy atom. The van der Waals surface area contributed by atoms with E-state index in [1.165, 1.54) is 11.8 Å². The minimum absolute atomic E-state index is 0.0624. The zero-order valence-corrected chi connectivity index (χ0v) is 18.6. The lowest BCUT2D eigenvalue weighted by Crippen LogP contribution is -2.28. The molecule has 3 aromatic carbocycles. The van der Waals surface area contributed by atoms with Crippen LogP contribution in [0.15, 0.2) is 88.8 Å². The van der Waals surface area contributed by atoms with Crippen molar-refractivity contribution in [1.82, 2.24) is 4.90 Å². The fraction of sp³-hybridized carbons (Fsp3) is 0.120. The van der Waals surface area contributed by atoms with Crippen LogP contribution in [0.5, 0.6) is 5.75 Å². The van der Waals surface area contributed by atoms with E-state index in [0.717, 1.165) is 16.7 Å². The number of ether oxygens (including phenoxy) is 1. The third kappa shape index (κ3) is 5.19. The summed E-state index contributed by atoms with van der Waals surface area (Å²) in [6.07, 6.45) is 1.85. The molecule has 0 radical (unpaired) electrons. The molecule has 1 amide bonds. The van der Waals surface area contributed by atoms with E-state index in [9.17, 15) is 4.79 Å². The number of hydrogen-bond acceptors (Lipinski definition) is 4. The first-order valence-electron chi connectivity index (χ1n) is 9.81. The molecular weight excluding hydrogens is 428 g/mol. The summed E-state index contributed by atoms with van der Waals surface area (Å²) in [5.74, 6) is 0.539. The van der Waals surface area contributed by atoms with Crippen molar-refractivity contribution in [2.75, 3.05) is 7.11 Å². The van der Waals surface area contributed by atoms with E-state index in [4.69, 9.17) is 21.3 Å². The van der Waals surface area contributed by atoms with E-state index < -0.39 is 0 Å². The van der Waals surface area contributed by atoms with Crippen LogP contribution < -0.4 is 4.74 Å². The van der Waals surface area contributed by atoms with E-state index in [1.54, 1.807) is 24.1 Å². The Balaban J connectivity index is 1.63. The Bertz CT molecular complexity index is 1130. The number of carbonyl (C=O) groups is 1. The zero-order valence-electron chi connectivity index (χ0n) is 17.0. The SMILES string of the molecule is COc1ccc(/C=C2/SC(=NCc3ccccc3)N(Cc3ccccc3)C2=O)cc1Cl. The van der Waals surface area contributed by atoms with Crippen molar-refractivity contribution >= 4 is 40.5 Å². The first-order chi connectivity index (χ1) is 15.1. The standard InChI is InChI=1S/C25H21ClN2O2S/c1-30-22-13-12-20(14-21(22)26)15-23-24(29)28(17-19-10-6-3-7-11-19)25(31-23)27-16-18-8-4-2-5-9-18/h2-15H,16-17H2,1H3/b23-15+,27-25?. The van der Waals surface area contributed by atoms with Gasteiger partial charge in [0.1, 0.15) is 5.75 Å². The van der Waals surface area contributed by atoms with Gasteiger partial charge in [-0.25, -0.2) is 0 Å². The molecule has 0 unspecified atom stereocenters. The highest BCUT2D eigenvalue weighted by Crippen LogP contribution is 2.35. The summed E-state index contributed by atoms with van der Waals surface area (Å²) in [6, 6.07) is 25.4. The monoisotopic (exact) mass is 448 g/mol. The molecule has 1 fully saturated rings. The minimum atomic E-state index is -0.0624. The van der Waals surface area contributed by atoms with Gasteiger partial charge in [-0.15, -0.1) is 0 Å². The molecule has 1 heterocycles. The van der Waals surface area contributed by atoms with Gasteiger partial charge in [-0.3, -0.25) is 14.7 Å². The molecule has 6 heteroatoms. The molecule has 0 bridgehead atoms. The number of amidine groups is 1. The highest BCUT2D eigenvalue weighted by Gasteiger charge is 2.33. The first-order valence-corrected chi connectivity index (χ1v) is 11.0. The molecule has 0 atom stereocenters. The lowest BCUT2D eigenvalue weighted by atomic mass is 10.2. The number of benzene rings is 3. The lowest BCUT2D eigenvalue weighted by molar-refractivity contribution is -0.122. The number of rotatable bonds is 6. The van der Waals surface area contributed by atoms with Crippen LogP contribution in [0.1, 0.15) is 16.7 Å². The molecule has 0 N–H and O–H groups in total. The van der Waals surface area contributed by atoms with E-state index >= 15 is 0 Å².